The summed E-state index contributed by atoms with van der Waals surface area (Å²) in [6.07, 6.45) is 1.89. The molecule has 2 aromatic rings. The Morgan fingerprint density at radius 3 is 1.59 bits per heavy atom. The van der Waals surface area contributed by atoms with Crippen molar-refractivity contribution >= 4 is 6.29 Å². The molecule has 0 aliphatic heterocycles. The van der Waals surface area contributed by atoms with Gasteiger partial charge in [0, 0.05) is 5.92 Å². The first kappa shape index (κ1) is 11.6. The molecule has 0 amide bonds. The Bertz CT molecular complexity index is 427. The molecule has 1 radical (unpaired) electrons. The van der Waals surface area contributed by atoms with Crippen molar-refractivity contribution in [3.05, 3.63) is 71.8 Å². The lowest BCUT2D eigenvalue weighted by Crippen LogP contribution is -2.30. The molecular formula is C15H14NO. The fraction of sp³-hybridized carbons (Fsp3) is 0.133. The van der Waals surface area contributed by atoms with Crippen LogP contribution in [-0.2, 0) is 4.79 Å². The van der Waals surface area contributed by atoms with E-state index in [4.69, 9.17) is 5.73 Å². The topological polar surface area (TPSA) is 43.1 Å². The molecular weight excluding hydrogens is 210 g/mol. The predicted molar refractivity (Wildman–Crippen MR) is 68.4 cm³/mol. The van der Waals surface area contributed by atoms with Gasteiger partial charge in [0.15, 0.2) is 0 Å². The summed E-state index contributed by atoms with van der Waals surface area (Å²) in [4.78, 5) is 10.8. The van der Waals surface area contributed by atoms with E-state index in [1.165, 1.54) is 0 Å². The molecule has 2 nitrogen and oxygen atoms in total. The highest BCUT2D eigenvalue weighted by Crippen LogP contribution is 2.26. The van der Waals surface area contributed by atoms with Crippen LogP contribution < -0.4 is 5.73 Å². The Morgan fingerprint density at radius 2 is 1.24 bits per heavy atom. The van der Waals surface area contributed by atoms with Crippen molar-refractivity contribution in [3.8, 4) is 0 Å². The second-order valence-corrected chi connectivity index (χ2v) is 3.94. The van der Waals surface area contributed by atoms with Crippen LogP contribution in [-0.4, -0.2) is 12.3 Å². The average molecular weight is 224 g/mol. The Labute approximate surface area is 101 Å². The van der Waals surface area contributed by atoms with Crippen LogP contribution in [0.5, 0.6) is 0 Å². The van der Waals surface area contributed by atoms with E-state index in [1.54, 1.807) is 0 Å². The third kappa shape index (κ3) is 2.60. The van der Waals surface area contributed by atoms with E-state index >= 15 is 0 Å². The first-order valence-corrected chi connectivity index (χ1v) is 5.56. The quantitative estimate of drug-likeness (QED) is 0.865. The van der Waals surface area contributed by atoms with Crippen molar-refractivity contribution in [1.82, 2.24) is 0 Å². The molecule has 0 heterocycles. The third-order valence-electron chi connectivity index (χ3n) is 2.81. The summed E-state index contributed by atoms with van der Waals surface area (Å²) in [5.74, 6) is -0.130. The molecule has 17 heavy (non-hydrogen) atoms. The highest BCUT2D eigenvalue weighted by atomic mass is 16.1. The van der Waals surface area contributed by atoms with Crippen LogP contribution in [0.15, 0.2) is 60.7 Å². The molecule has 1 atom stereocenters. The number of carbonyl (C=O) groups excluding carboxylic acids is 1. The zero-order valence-corrected chi connectivity index (χ0v) is 9.41. The highest BCUT2D eigenvalue weighted by molar-refractivity contribution is 5.62. The van der Waals surface area contributed by atoms with E-state index in [-0.39, 0.29) is 5.92 Å². The first-order valence-electron chi connectivity index (χ1n) is 5.56. The summed E-state index contributed by atoms with van der Waals surface area (Å²) in [5.41, 5.74) is 7.93. The van der Waals surface area contributed by atoms with E-state index in [2.05, 4.69) is 0 Å². The van der Waals surface area contributed by atoms with Gasteiger partial charge in [-0.25, -0.2) is 0 Å². The maximum absolute atomic E-state index is 10.8. The zero-order valence-electron chi connectivity index (χ0n) is 9.41. The minimum atomic E-state index is -0.639. The summed E-state index contributed by atoms with van der Waals surface area (Å²) in [7, 11) is 0. The second-order valence-electron chi connectivity index (χ2n) is 3.94. The average Bonchev–Trinajstić information content (AvgIpc) is 2.41. The van der Waals surface area contributed by atoms with Crippen LogP contribution in [0.2, 0.25) is 0 Å². The standard InChI is InChI=1S/C15H14NO/c16-14(11-17)15(12-7-3-1-4-8-12)13-9-5-2-6-10-13/h1-10,14-15H,16H2/t14-/m0/s1. The molecule has 0 spiro atoms. The molecule has 2 aromatic carbocycles. The molecule has 85 valence electrons. The molecule has 0 aliphatic rings. The Morgan fingerprint density at radius 1 is 0.824 bits per heavy atom. The molecule has 2 N–H and O–H groups in total. The van der Waals surface area contributed by atoms with Gasteiger partial charge >= 0.3 is 0 Å². The van der Waals surface area contributed by atoms with Crippen molar-refractivity contribution in [3.63, 3.8) is 0 Å². The molecule has 2 heteroatoms. The summed E-state index contributed by atoms with van der Waals surface area (Å²) in [6.45, 7) is 0. The highest BCUT2D eigenvalue weighted by Gasteiger charge is 2.21. The maximum atomic E-state index is 10.8. The van der Waals surface area contributed by atoms with E-state index < -0.39 is 6.04 Å². The lowest BCUT2D eigenvalue weighted by atomic mass is 9.86. The Kier molecular flexibility index (Phi) is 3.68. The monoisotopic (exact) mass is 224 g/mol. The smallest absolute Gasteiger partial charge is 0.217 e. The van der Waals surface area contributed by atoms with Crippen LogP contribution in [0.1, 0.15) is 17.0 Å². The predicted octanol–water partition coefficient (Wildman–Crippen LogP) is 2.26. The summed E-state index contributed by atoms with van der Waals surface area (Å²) >= 11 is 0. The molecule has 2 rings (SSSR count). The van der Waals surface area contributed by atoms with Crippen molar-refractivity contribution in [2.45, 2.75) is 12.0 Å². The van der Waals surface area contributed by atoms with Gasteiger partial charge in [-0.15, -0.1) is 0 Å². The van der Waals surface area contributed by atoms with Gasteiger partial charge in [-0.3, -0.25) is 4.79 Å². The van der Waals surface area contributed by atoms with Gasteiger partial charge in [0.05, 0.1) is 6.04 Å². The van der Waals surface area contributed by atoms with Gasteiger partial charge < -0.3 is 5.73 Å². The number of benzene rings is 2. The van der Waals surface area contributed by atoms with Gasteiger partial charge in [0.25, 0.3) is 0 Å². The molecule has 0 unspecified atom stereocenters. The zero-order chi connectivity index (χ0) is 12.1. The number of rotatable bonds is 4. The Hall–Kier alpha value is -1.93. The van der Waals surface area contributed by atoms with E-state index in [0.717, 1.165) is 11.1 Å². The normalized spacial score (nSPS) is 12.4. The minimum absolute atomic E-state index is 0.130. The van der Waals surface area contributed by atoms with Crippen LogP contribution in [0.25, 0.3) is 0 Å². The second kappa shape index (κ2) is 5.41. The third-order valence-corrected chi connectivity index (χ3v) is 2.81. The van der Waals surface area contributed by atoms with Crippen LogP contribution in [0, 0.1) is 0 Å². The fourth-order valence-corrected chi connectivity index (χ4v) is 2.00. The molecule has 0 bridgehead atoms. The van der Waals surface area contributed by atoms with Crippen molar-refractivity contribution < 1.29 is 4.79 Å². The number of hydrogen-bond acceptors (Lipinski definition) is 2. The van der Waals surface area contributed by atoms with E-state index in [9.17, 15) is 4.79 Å². The lowest BCUT2D eigenvalue weighted by molar-refractivity contribution is 0.532. The summed E-state index contributed by atoms with van der Waals surface area (Å²) in [5, 5.41) is 0. The maximum Gasteiger partial charge on any atom is 0.217 e. The van der Waals surface area contributed by atoms with Crippen molar-refractivity contribution in [2.75, 3.05) is 0 Å². The van der Waals surface area contributed by atoms with E-state index in [1.807, 2.05) is 66.9 Å². The molecule has 0 aromatic heterocycles. The van der Waals surface area contributed by atoms with Gasteiger partial charge in [-0.05, 0) is 11.1 Å². The first-order chi connectivity index (χ1) is 8.33. The molecule has 0 saturated carbocycles. The van der Waals surface area contributed by atoms with Crippen LogP contribution in [0.4, 0.5) is 0 Å². The van der Waals surface area contributed by atoms with Crippen LogP contribution in [0.3, 0.4) is 0 Å². The molecule has 0 fully saturated rings. The molecule has 0 saturated heterocycles. The van der Waals surface area contributed by atoms with Gasteiger partial charge in [0.1, 0.15) is 0 Å². The fourth-order valence-electron chi connectivity index (χ4n) is 2.00. The number of nitrogens with two attached hydrogens (primary N) is 1. The van der Waals surface area contributed by atoms with Gasteiger partial charge in [-0.2, -0.15) is 0 Å². The number of hydrogen-bond donors (Lipinski definition) is 1. The van der Waals surface area contributed by atoms with Crippen molar-refractivity contribution in [2.24, 2.45) is 5.73 Å². The van der Waals surface area contributed by atoms with Crippen LogP contribution >= 0.6 is 0 Å². The van der Waals surface area contributed by atoms with Gasteiger partial charge in [0.2, 0.25) is 6.29 Å². The van der Waals surface area contributed by atoms with E-state index in [0.29, 0.717) is 0 Å². The van der Waals surface area contributed by atoms with Gasteiger partial charge in [-0.1, -0.05) is 60.7 Å². The van der Waals surface area contributed by atoms with Crippen molar-refractivity contribution in [1.29, 1.82) is 0 Å². The SMILES string of the molecule is N[C@@H]([C]=O)C(c1ccccc1)c1ccccc1. The lowest BCUT2D eigenvalue weighted by Gasteiger charge is -2.20. The minimum Gasteiger partial charge on any atom is -0.320 e. The largest absolute Gasteiger partial charge is 0.320 e. The molecule has 0 aliphatic carbocycles. The Balaban J connectivity index is 2.43. The summed E-state index contributed by atoms with van der Waals surface area (Å²) < 4.78 is 0. The summed E-state index contributed by atoms with van der Waals surface area (Å²) in [6, 6.07) is 19.0.